The van der Waals surface area contributed by atoms with Gasteiger partial charge in [0.15, 0.2) is 0 Å². The Kier molecular flexibility index (Phi) is 6.91. The van der Waals surface area contributed by atoms with E-state index in [1.54, 1.807) is 0 Å². The molecule has 2 fully saturated rings. The van der Waals surface area contributed by atoms with Crippen molar-refractivity contribution >= 4 is 24.1 Å². The third-order valence-corrected chi connectivity index (χ3v) is 6.33. The lowest BCUT2D eigenvalue weighted by Crippen LogP contribution is -2.40. The molecule has 0 amide bonds. The highest BCUT2D eigenvalue weighted by Crippen LogP contribution is 2.21. The summed E-state index contributed by atoms with van der Waals surface area (Å²) < 4.78 is 13.2. The first kappa shape index (κ1) is 23.3. The Bertz CT molecular complexity index is 1140. The predicted octanol–water partition coefficient (Wildman–Crippen LogP) is 2.71. The Morgan fingerprint density at radius 1 is 0.829 bits per heavy atom. The molecule has 2 aliphatic rings. The number of morpholine rings is 2. The number of hydrazone groups is 1. The number of aromatic nitrogens is 4. The van der Waals surface area contributed by atoms with E-state index in [2.05, 4.69) is 86.0 Å². The SMILES string of the molecule is Cc1ccc(-n2c(C)cc(/C=N/Nc3nc(N4CCOCC4)nc(N4CCOCC4)n3)c2C)cc1. The monoisotopic (exact) mass is 476 g/mol. The molecule has 35 heavy (non-hydrogen) atoms. The van der Waals surface area contributed by atoms with E-state index in [0.29, 0.717) is 44.3 Å². The number of anilines is 3. The number of benzene rings is 1. The quantitative estimate of drug-likeness (QED) is 0.429. The molecular formula is C25H32N8O2. The molecule has 1 aromatic carbocycles. The average Bonchev–Trinajstić information content (AvgIpc) is 3.18. The van der Waals surface area contributed by atoms with Crippen LogP contribution in [0.4, 0.5) is 17.8 Å². The van der Waals surface area contributed by atoms with Crippen LogP contribution >= 0.6 is 0 Å². The van der Waals surface area contributed by atoms with Crippen molar-refractivity contribution in [3.05, 3.63) is 52.8 Å². The summed E-state index contributed by atoms with van der Waals surface area (Å²) in [4.78, 5) is 18.3. The molecule has 184 valence electrons. The standard InChI is InChI=1S/C25H32N8O2/c1-18-4-6-22(7-5-18)33-19(2)16-21(20(33)3)17-26-30-23-27-24(31-8-12-34-13-9-31)29-25(28-23)32-10-14-35-15-11-32/h4-7,16-17H,8-15H2,1-3H3,(H,27,28,29,30)/b26-17+. The summed E-state index contributed by atoms with van der Waals surface area (Å²) in [5.74, 6) is 1.70. The van der Waals surface area contributed by atoms with Crippen LogP contribution in [0.5, 0.6) is 0 Å². The number of hydrogen-bond acceptors (Lipinski definition) is 9. The van der Waals surface area contributed by atoms with Gasteiger partial charge in [0.05, 0.1) is 32.6 Å². The van der Waals surface area contributed by atoms with Gasteiger partial charge >= 0.3 is 0 Å². The van der Waals surface area contributed by atoms with E-state index in [9.17, 15) is 0 Å². The molecule has 0 radical (unpaired) electrons. The summed E-state index contributed by atoms with van der Waals surface area (Å²) in [6.07, 6.45) is 1.82. The van der Waals surface area contributed by atoms with Crippen LogP contribution in [-0.2, 0) is 9.47 Å². The van der Waals surface area contributed by atoms with Crippen molar-refractivity contribution in [2.24, 2.45) is 5.10 Å². The van der Waals surface area contributed by atoms with Crippen LogP contribution in [0.1, 0.15) is 22.5 Å². The number of nitrogens with one attached hydrogen (secondary N) is 1. The third kappa shape index (κ3) is 5.28. The lowest BCUT2D eigenvalue weighted by atomic mass is 10.2. The Balaban J connectivity index is 1.38. The number of aryl methyl sites for hydroxylation is 2. The summed E-state index contributed by atoms with van der Waals surface area (Å²) in [6.45, 7) is 12.0. The van der Waals surface area contributed by atoms with Crippen molar-refractivity contribution in [1.29, 1.82) is 0 Å². The lowest BCUT2D eigenvalue weighted by Gasteiger charge is -2.30. The first-order chi connectivity index (χ1) is 17.1. The van der Waals surface area contributed by atoms with Crippen molar-refractivity contribution in [3.8, 4) is 5.69 Å². The van der Waals surface area contributed by atoms with E-state index in [0.717, 1.165) is 48.8 Å². The molecule has 2 aromatic heterocycles. The van der Waals surface area contributed by atoms with Gasteiger partial charge in [-0.15, -0.1) is 0 Å². The molecular weight excluding hydrogens is 444 g/mol. The maximum Gasteiger partial charge on any atom is 0.250 e. The van der Waals surface area contributed by atoms with Gasteiger partial charge in [0, 0.05) is 48.8 Å². The summed E-state index contributed by atoms with van der Waals surface area (Å²) >= 11 is 0. The molecule has 3 aromatic rings. The number of nitrogens with zero attached hydrogens (tertiary/aromatic N) is 7. The van der Waals surface area contributed by atoms with Crippen LogP contribution in [0, 0.1) is 20.8 Å². The highest BCUT2D eigenvalue weighted by atomic mass is 16.5. The second-order valence-corrected chi connectivity index (χ2v) is 8.83. The zero-order valence-electron chi connectivity index (χ0n) is 20.6. The van der Waals surface area contributed by atoms with Crippen molar-refractivity contribution in [3.63, 3.8) is 0 Å². The largest absolute Gasteiger partial charge is 0.378 e. The molecule has 2 saturated heterocycles. The molecule has 0 unspecified atom stereocenters. The van der Waals surface area contributed by atoms with Gasteiger partial charge < -0.3 is 23.8 Å². The fraction of sp³-hybridized carbons (Fsp3) is 0.440. The van der Waals surface area contributed by atoms with Gasteiger partial charge in [-0.05, 0) is 39.0 Å². The summed E-state index contributed by atoms with van der Waals surface area (Å²) in [5.41, 5.74) is 8.73. The zero-order valence-corrected chi connectivity index (χ0v) is 20.6. The highest BCUT2D eigenvalue weighted by molar-refractivity contribution is 5.82. The summed E-state index contributed by atoms with van der Waals surface area (Å²) in [5, 5.41) is 4.48. The minimum Gasteiger partial charge on any atom is -0.378 e. The van der Waals surface area contributed by atoms with Gasteiger partial charge in [-0.2, -0.15) is 20.1 Å². The predicted molar refractivity (Wildman–Crippen MR) is 137 cm³/mol. The topological polar surface area (TPSA) is 92.9 Å². The molecule has 0 bridgehead atoms. The van der Waals surface area contributed by atoms with Crippen molar-refractivity contribution < 1.29 is 9.47 Å². The number of rotatable bonds is 6. The Hall–Kier alpha value is -3.50. The maximum atomic E-state index is 5.49. The molecule has 2 aliphatic heterocycles. The van der Waals surface area contributed by atoms with E-state index in [4.69, 9.17) is 14.5 Å². The van der Waals surface area contributed by atoms with E-state index >= 15 is 0 Å². The van der Waals surface area contributed by atoms with E-state index in [1.165, 1.54) is 5.56 Å². The smallest absolute Gasteiger partial charge is 0.250 e. The van der Waals surface area contributed by atoms with Gasteiger partial charge in [-0.3, -0.25) is 0 Å². The molecule has 0 aliphatic carbocycles. The summed E-state index contributed by atoms with van der Waals surface area (Å²) in [7, 11) is 0. The van der Waals surface area contributed by atoms with Gasteiger partial charge in [-0.1, -0.05) is 17.7 Å². The fourth-order valence-electron chi connectivity index (χ4n) is 4.38. The third-order valence-electron chi connectivity index (χ3n) is 6.33. The first-order valence-corrected chi connectivity index (χ1v) is 12.0. The van der Waals surface area contributed by atoms with Crippen molar-refractivity contribution in [2.75, 3.05) is 67.8 Å². The average molecular weight is 477 g/mol. The second-order valence-electron chi connectivity index (χ2n) is 8.83. The molecule has 4 heterocycles. The molecule has 5 rings (SSSR count). The van der Waals surface area contributed by atoms with Gasteiger partial charge in [0.1, 0.15) is 0 Å². The van der Waals surface area contributed by atoms with Crippen LogP contribution in [0.15, 0.2) is 35.4 Å². The maximum absolute atomic E-state index is 5.49. The molecule has 0 atom stereocenters. The fourth-order valence-corrected chi connectivity index (χ4v) is 4.38. The zero-order chi connectivity index (χ0) is 24.2. The number of hydrogen-bond donors (Lipinski definition) is 1. The lowest BCUT2D eigenvalue weighted by molar-refractivity contribution is 0.121. The Labute approximate surface area is 205 Å². The van der Waals surface area contributed by atoms with Gasteiger partial charge in [-0.25, -0.2) is 5.43 Å². The van der Waals surface area contributed by atoms with Crippen LogP contribution in [0.2, 0.25) is 0 Å². The van der Waals surface area contributed by atoms with E-state index < -0.39 is 0 Å². The highest BCUT2D eigenvalue weighted by Gasteiger charge is 2.20. The Morgan fingerprint density at radius 2 is 1.40 bits per heavy atom. The molecule has 0 saturated carbocycles. The molecule has 0 spiro atoms. The summed E-state index contributed by atoms with van der Waals surface area (Å²) in [6, 6.07) is 10.7. The molecule has 10 nitrogen and oxygen atoms in total. The van der Waals surface area contributed by atoms with E-state index in [-0.39, 0.29) is 0 Å². The van der Waals surface area contributed by atoms with Crippen molar-refractivity contribution in [2.45, 2.75) is 20.8 Å². The van der Waals surface area contributed by atoms with Crippen molar-refractivity contribution in [1.82, 2.24) is 19.5 Å². The van der Waals surface area contributed by atoms with Crippen LogP contribution < -0.4 is 15.2 Å². The van der Waals surface area contributed by atoms with Gasteiger partial charge in [0.25, 0.3) is 0 Å². The molecule has 1 N–H and O–H groups in total. The first-order valence-electron chi connectivity index (χ1n) is 12.0. The van der Waals surface area contributed by atoms with Gasteiger partial charge in [0.2, 0.25) is 17.8 Å². The number of ether oxygens (including phenoxy) is 2. The minimum absolute atomic E-state index is 0.423. The molecule has 10 heteroatoms. The van der Waals surface area contributed by atoms with E-state index in [1.807, 2.05) is 6.21 Å². The van der Waals surface area contributed by atoms with Crippen LogP contribution in [0.3, 0.4) is 0 Å². The second kappa shape index (κ2) is 10.4. The Morgan fingerprint density at radius 3 is 1.97 bits per heavy atom. The minimum atomic E-state index is 0.423. The normalized spacial score (nSPS) is 16.8. The van der Waals surface area contributed by atoms with Crippen LogP contribution in [-0.4, -0.2) is 78.3 Å². The van der Waals surface area contributed by atoms with Crippen LogP contribution in [0.25, 0.3) is 5.69 Å².